The fourth-order valence-corrected chi connectivity index (χ4v) is 1.69. The van der Waals surface area contributed by atoms with Gasteiger partial charge in [-0.05, 0) is 19.8 Å². The van der Waals surface area contributed by atoms with Crippen molar-refractivity contribution in [2.45, 2.75) is 45.6 Å². The van der Waals surface area contributed by atoms with Crippen molar-refractivity contribution in [3.8, 4) is 0 Å². The van der Waals surface area contributed by atoms with Gasteiger partial charge >= 0.3 is 0 Å². The minimum atomic E-state index is 0.375. The monoisotopic (exact) mass is 234 g/mol. The van der Waals surface area contributed by atoms with E-state index in [1.54, 1.807) is 0 Å². The maximum absolute atomic E-state index is 4.52. The van der Waals surface area contributed by atoms with Gasteiger partial charge in [-0.2, -0.15) is 0 Å². The third kappa shape index (κ3) is 3.97. The summed E-state index contributed by atoms with van der Waals surface area (Å²) in [5.41, 5.74) is 1.03. The van der Waals surface area contributed by atoms with Crippen LogP contribution in [0.3, 0.4) is 0 Å². The molecular formula is C13H22N4. The van der Waals surface area contributed by atoms with E-state index in [0.717, 1.165) is 36.5 Å². The summed E-state index contributed by atoms with van der Waals surface area (Å²) in [4.78, 5) is 8.95. The van der Waals surface area contributed by atoms with E-state index in [4.69, 9.17) is 0 Å². The molecule has 17 heavy (non-hydrogen) atoms. The Kier molecular flexibility index (Phi) is 3.94. The maximum Gasteiger partial charge on any atom is 0.133 e. The van der Waals surface area contributed by atoms with Crippen LogP contribution in [0.15, 0.2) is 6.07 Å². The van der Waals surface area contributed by atoms with Crippen LogP contribution < -0.4 is 10.6 Å². The molecule has 0 atom stereocenters. The molecule has 4 heteroatoms. The predicted octanol–water partition coefficient (Wildman–Crippen LogP) is 2.07. The first-order valence-corrected chi connectivity index (χ1v) is 6.48. The fraction of sp³-hybridized carbons (Fsp3) is 0.692. The van der Waals surface area contributed by atoms with Crippen molar-refractivity contribution in [3.05, 3.63) is 17.6 Å². The molecule has 0 bridgehead atoms. The second-order valence-electron chi connectivity index (χ2n) is 5.06. The Bertz CT molecular complexity index is 372. The van der Waals surface area contributed by atoms with Crippen molar-refractivity contribution in [2.75, 3.05) is 18.4 Å². The van der Waals surface area contributed by atoms with Gasteiger partial charge in [0.05, 0.1) is 0 Å². The lowest BCUT2D eigenvalue weighted by Crippen LogP contribution is -2.24. The SMILES string of the molecule is Cc1cc(NCCNC2CC2)nc(C(C)C)n1. The van der Waals surface area contributed by atoms with Gasteiger partial charge in [-0.15, -0.1) is 0 Å². The third-order valence-electron chi connectivity index (χ3n) is 2.83. The molecule has 2 rings (SSSR count). The minimum absolute atomic E-state index is 0.375. The molecule has 0 aliphatic heterocycles. The molecule has 1 fully saturated rings. The van der Waals surface area contributed by atoms with Gasteiger partial charge in [0.15, 0.2) is 0 Å². The van der Waals surface area contributed by atoms with Crippen LogP contribution in [0.5, 0.6) is 0 Å². The number of hydrogen-bond donors (Lipinski definition) is 2. The molecule has 1 aromatic rings. The average Bonchev–Trinajstić information content (AvgIpc) is 3.07. The predicted molar refractivity (Wildman–Crippen MR) is 70.4 cm³/mol. The number of aromatic nitrogens is 2. The summed E-state index contributed by atoms with van der Waals surface area (Å²) in [6, 6.07) is 2.78. The molecule has 94 valence electrons. The lowest BCUT2D eigenvalue weighted by molar-refractivity contribution is 0.698. The Morgan fingerprint density at radius 3 is 2.71 bits per heavy atom. The summed E-state index contributed by atoms with van der Waals surface area (Å²) in [5.74, 6) is 2.24. The van der Waals surface area contributed by atoms with Crippen LogP contribution >= 0.6 is 0 Å². The van der Waals surface area contributed by atoms with Crippen molar-refractivity contribution in [1.82, 2.24) is 15.3 Å². The van der Waals surface area contributed by atoms with Gasteiger partial charge in [0.1, 0.15) is 11.6 Å². The van der Waals surface area contributed by atoms with Crippen LogP contribution in [0.25, 0.3) is 0 Å². The molecule has 0 aromatic carbocycles. The van der Waals surface area contributed by atoms with Gasteiger partial charge < -0.3 is 10.6 Å². The first-order chi connectivity index (χ1) is 8.15. The third-order valence-corrected chi connectivity index (χ3v) is 2.83. The number of nitrogens with one attached hydrogen (secondary N) is 2. The summed E-state index contributed by atoms with van der Waals surface area (Å²) in [6.45, 7) is 8.18. The normalized spacial score (nSPS) is 15.3. The molecule has 0 spiro atoms. The van der Waals surface area contributed by atoms with Crippen LogP contribution in [-0.4, -0.2) is 29.1 Å². The Morgan fingerprint density at radius 2 is 2.06 bits per heavy atom. The van der Waals surface area contributed by atoms with Crippen LogP contribution in [0.4, 0.5) is 5.82 Å². The van der Waals surface area contributed by atoms with E-state index in [0.29, 0.717) is 5.92 Å². The van der Waals surface area contributed by atoms with Crippen LogP contribution in [0.2, 0.25) is 0 Å². The second kappa shape index (κ2) is 5.45. The lowest BCUT2D eigenvalue weighted by Gasteiger charge is -2.10. The van der Waals surface area contributed by atoms with Gasteiger partial charge in [0, 0.05) is 36.8 Å². The molecule has 1 saturated carbocycles. The summed E-state index contributed by atoms with van der Waals surface area (Å²) in [6.07, 6.45) is 2.67. The topological polar surface area (TPSA) is 49.8 Å². The van der Waals surface area contributed by atoms with Crippen molar-refractivity contribution in [3.63, 3.8) is 0 Å². The average molecular weight is 234 g/mol. The van der Waals surface area contributed by atoms with E-state index in [1.165, 1.54) is 12.8 Å². The molecule has 2 N–H and O–H groups in total. The Morgan fingerprint density at radius 1 is 1.29 bits per heavy atom. The smallest absolute Gasteiger partial charge is 0.133 e. The van der Waals surface area contributed by atoms with E-state index in [2.05, 4.69) is 34.4 Å². The Balaban J connectivity index is 1.85. The van der Waals surface area contributed by atoms with Crippen LogP contribution in [-0.2, 0) is 0 Å². The van der Waals surface area contributed by atoms with Gasteiger partial charge in [-0.25, -0.2) is 9.97 Å². The molecule has 4 nitrogen and oxygen atoms in total. The molecule has 0 radical (unpaired) electrons. The molecule has 0 saturated heterocycles. The molecule has 1 heterocycles. The van der Waals surface area contributed by atoms with Crippen LogP contribution in [0.1, 0.15) is 44.1 Å². The molecular weight excluding hydrogens is 212 g/mol. The van der Waals surface area contributed by atoms with Crippen molar-refractivity contribution < 1.29 is 0 Å². The van der Waals surface area contributed by atoms with Gasteiger partial charge in [0.2, 0.25) is 0 Å². The highest BCUT2D eigenvalue weighted by molar-refractivity contribution is 5.36. The van der Waals surface area contributed by atoms with Crippen LogP contribution in [0, 0.1) is 6.92 Å². The summed E-state index contributed by atoms with van der Waals surface area (Å²) in [7, 11) is 0. The largest absolute Gasteiger partial charge is 0.369 e. The minimum Gasteiger partial charge on any atom is -0.369 e. The van der Waals surface area contributed by atoms with Crippen molar-refractivity contribution in [2.24, 2.45) is 0 Å². The lowest BCUT2D eigenvalue weighted by atomic mass is 10.2. The summed E-state index contributed by atoms with van der Waals surface area (Å²) in [5, 5.41) is 6.82. The Hall–Kier alpha value is -1.16. The van der Waals surface area contributed by atoms with E-state index in [1.807, 2.05) is 13.0 Å². The highest BCUT2D eigenvalue weighted by atomic mass is 15.1. The molecule has 0 unspecified atom stereocenters. The first-order valence-electron chi connectivity index (χ1n) is 6.48. The summed E-state index contributed by atoms with van der Waals surface area (Å²) >= 11 is 0. The number of rotatable bonds is 6. The first kappa shape index (κ1) is 12.3. The standard InChI is InChI=1S/C13H22N4/c1-9(2)13-16-10(3)8-12(17-13)15-7-6-14-11-4-5-11/h8-9,11,14H,4-7H2,1-3H3,(H,15,16,17). The van der Waals surface area contributed by atoms with E-state index >= 15 is 0 Å². The highest BCUT2D eigenvalue weighted by Crippen LogP contribution is 2.18. The van der Waals surface area contributed by atoms with Gasteiger partial charge in [-0.1, -0.05) is 13.8 Å². The zero-order chi connectivity index (χ0) is 12.3. The number of nitrogens with zero attached hydrogens (tertiary/aromatic N) is 2. The summed E-state index contributed by atoms with van der Waals surface area (Å²) < 4.78 is 0. The zero-order valence-electron chi connectivity index (χ0n) is 11.0. The number of anilines is 1. The molecule has 1 aliphatic carbocycles. The number of aryl methyl sites for hydroxylation is 1. The van der Waals surface area contributed by atoms with Gasteiger partial charge in [0.25, 0.3) is 0 Å². The quantitative estimate of drug-likeness (QED) is 0.740. The van der Waals surface area contributed by atoms with E-state index in [9.17, 15) is 0 Å². The molecule has 1 aromatic heterocycles. The highest BCUT2D eigenvalue weighted by Gasteiger charge is 2.19. The van der Waals surface area contributed by atoms with E-state index in [-0.39, 0.29) is 0 Å². The maximum atomic E-state index is 4.52. The van der Waals surface area contributed by atoms with Crippen molar-refractivity contribution >= 4 is 5.82 Å². The number of hydrogen-bond acceptors (Lipinski definition) is 4. The van der Waals surface area contributed by atoms with Gasteiger partial charge in [-0.3, -0.25) is 0 Å². The zero-order valence-corrected chi connectivity index (χ0v) is 11.0. The molecule has 1 aliphatic rings. The molecule has 0 amide bonds. The second-order valence-corrected chi connectivity index (χ2v) is 5.06. The van der Waals surface area contributed by atoms with E-state index < -0.39 is 0 Å². The fourth-order valence-electron chi connectivity index (χ4n) is 1.69. The van der Waals surface area contributed by atoms with Crippen molar-refractivity contribution in [1.29, 1.82) is 0 Å². The Labute approximate surface area is 103 Å².